The maximum absolute atomic E-state index is 11.2. The van der Waals surface area contributed by atoms with Crippen LogP contribution in [0.3, 0.4) is 0 Å². The highest BCUT2D eigenvalue weighted by Gasteiger charge is 2.60. The van der Waals surface area contributed by atoms with Gasteiger partial charge in [0.1, 0.15) is 18.3 Å². The van der Waals surface area contributed by atoms with Crippen LogP contribution in [0.5, 0.6) is 0 Å². The Kier molecular flexibility index (Phi) is 3.53. The Hall–Kier alpha value is -0.730. The first-order valence-corrected chi connectivity index (χ1v) is 7.17. The van der Waals surface area contributed by atoms with Crippen molar-refractivity contribution in [2.24, 2.45) is 0 Å². The molecule has 0 N–H and O–H groups in total. The Balaban J connectivity index is 1.77. The molecule has 3 aliphatic rings. The number of carbonyl (C=O) groups excluding carboxylic acids is 1. The first-order chi connectivity index (χ1) is 9.67. The molecule has 5 atom stereocenters. The molecule has 21 heavy (non-hydrogen) atoms. The van der Waals surface area contributed by atoms with Gasteiger partial charge in [0.25, 0.3) is 0 Å². The summed E-state index contributed by atoms with van der Waals surface area (Å²) < 4.78 is 34.1. The summed E-state index contributed by atoms with van der Waals surface area (Å²) in [6, 6.07) is 0. The van der Waals surface area contributed by atoms with Crippen molar-refractivity contribution in [3.8, 4) is 0 Å². The van der Waals surface area contributed by atoms with E-state index in [9.17, 15) is 4.79 Å². The summed E-state index contributed by atoms with van der Waals surface area (Å²) in [5.41, 5.74) is 0. The van der Waals surface area contributed by atoms with Crippen LogP contribution in [0, 0.1) is 0 Å². The molecule has 7 heteroatoms. The summed E-state index contributed by atoms with van der Waals surface area (Å²) in [4.78, 5) is 11.2. The molecule has 0 spiro atoms. The van der Waals surface area contributed by atoms with Gasteiger partial charge in [-0.05, 0) is 27.7 Å². The number of esters is 1. The molecular weight excluding hydrogens is 280 g/mol. The zero-order chi connectivity index (χ0) is 15.4. The summed E-state index contributed by atoms with van der Waals surface area (Å²) in [6.07, 6.45) is -2.28. The lowest BCUT2D eigenvalue weighted by atomic mass is 10.1. The minimum Gasteiger partial charge on any atom is -0.433 e. The predicted molar refractivity (Wildman–Crippen MR) is 69.2 cm³/mol. The molecule has 0 aromatic heterocycles. The Morgan fingerprint density at radius 1 is 1.00 bits per heavy atom. The number of rotatable bonds is 2. The Morgan fingerprint density at radius 3 is 2.24 bits per heavy atom. The van der Waals surface area contributed by atoms with Crippen molar-refractivity contribution in [3.63, 3.8) is 0 Å². The van der Waals surface area contributed by atoms with Gasteiger partial charge in [-0.3, -0.25) is 4.79 Å². The molecule has 3 aliphatic heterocycles. The average Bonchev–Trinajstić information content (AvgIpc) is 2.91. The van der Waals surface area contributed by atoms with Gasteiger partial charge in [0.05, 0.1) is 6.61 Å². The van der Waals surface area contributed by atoms with Crippen molar-refractivity contribution in [2.45, 2.75) is 76.9 Å². The maximum atomic E-state index is 11.2. The van der Waals surface area contributed by atoms with E-state index in [1.807, 2.05) is 27.7 Å². The van der Waals surface area contributed by atoms with Crippen LogP contribution >= 0.6 is 0 Å². The van der Waals surface area contributed by atoms with E-state index in [0.717, 1.165) is 0 Å². The van der Waals surface area contributed by atoms with Crippen LogP contribution in [0.4, 0.5) is 0 Å². The first kappa shape index (κ1) is 15.2. The molecule has 0 bridgehead atoms. The Labute approximate surface area is 123 Å². The molecular formula is C14H22O7. The van der Waals surface area contributed by atoms with E-state index in [2.05, 4.69) is 0 Å². The van der Waals surface area contributed by atoms with Gasteiger partial charge in [-0.2, -0.15) is 0 Å². The van der Waals surface area contributed by atoms with Crippen molar-refractivity contribution < 1.29 is 33.2 Å². The quantitative estimate of drug-likeness (QED) is 0.703. The van der Waals surface area contributed by atoms with Crippen LogP contribution < -0.4 is 0 Å². The van der Waals surface area contributed by atoms with Gasteiger partial charge in [0, 0.05) is 6.92 Å². The zero-order valence-electron chi connectivity index (χ0n) is 13.0. The fourth-order valence-corrected chi connectivity index (χ4v) is 3.03. The third kappa shape index (κ3) is 2.93. The summed E-state index contributed by atoms with van der Waals surface area (Å²) >= 11 is 0. The number of hydrogen-bond donors (Lipinski definition) is 0. The lowest BCUT2D eigenvalue weighted by Crippen LogP contribution is -2.40. The summed E-state index contributed by atoms with van der Waals surface area (Å²) in [7, 11) is 0. The molecule has 0 amide bonds. The second-order valence-electron chi connectivity index (χ2n) is 6.51. The molecule has 0 aliphatic carbocycles. The van der Waals surface area contributed by atoms with Crippen molar-refractivity contribution in [1.29, 1.82) is 0 Å². The van der Waals surface area contributed by atoms with Gasteiger partial charge < -0.3 is 28.4 Å². The van der Waals surface area contributed by atoms with Gasteiger partial charge in [-0.1, -0.05) is 0 Å². The maximum Gasteiger partial charge on any atom is 0.305 e. The molecule has 0 radical (unpaired) electrons. The molecule has 120 valence electrons. The second-order valence-corrected chi connectivity index (χ2v) is 6.51. The van der Waals surface area contributed by atoms with Crippen molar-refractivity contribution in [3.05, 3.63) is 0 Å². The van der Waals surface area contributed by atoms with E-state index in [0.29, 0.717) is 6.61 Å². The van der Waals surface area contributed by atoms with Crippen LogP contribution in [0.25, 0.3) is 0 Å². The van der Waals surface area contributed by atoms with Gasteiger partial charge in [-0.15, -0.1) is 0 Å². The normalized spacial score (nSPS) is 43.8. The molecule has 0 saturated carbocycles. The van der Waals surface area contributed by atoms with Gasteiger partial charge in [0.2, 0.25) is 6.29 Å². The number of hydrogen-bond acceptors (Lipinski definition) is 7. The third-order valence-corrected chi connectivity index (χ3v) is 3.73. The minimum atomic E-state index is -0.786. The van der Waals surface area contributed by atoms with Gasteiger partial charge in [-0.25, -0.2) is 0 Å². The van der Waals surface area contributed by atoms with Crippen LogP contribution in [0.2, 0.25) is 0 Å². The summed E-state index contributed by atoms with van der Waals surface area (Å²) in [5, 5.41) is 0. The smallest absolute Gasteiger partial charge is 0.305 e. The van der Waals surface area contributed by atoms with Gasteiger partial charge >= 0.3 is 5.97 Å². The zero-order valence-corrected chi connectivity index (χ0v) is 13.0. The topological polar surface area (TPSA) is 72.5 Å². The summed E-state index contributed by atoms with van der Waals surface area (Å²) in [6.45, 7) is 9.08. The van der Waals surface area contributed by atoms with Crippen molar-refractivity contribution in [1.82, 2.24) is 0 Å². The number of carbonyl (C=O) groups is 1. The average molecular weight is 302 g/mol. The fourth-order valence-electron chi connectivity index (χ4n) is 3.03. The molecule has 3 fully saturated rings. The minimum absolute atomic E-state index is 0.287. The largest absolute Gasteiger partial charge is 0.433 e. The Bertz CT molecular complexity index is 433. The van der Waals surface area contributed by atoms with E-state index >= 15 is 0 Å². The highest BCUT2D eigenvalue weighted by Crippen LogP contribution is 2.42. The summed E-state index contributed by atoms with van der Waals surface area (Å²) in [5.74, 6) is -1.82. The molecule has 3 rings (SSSR count). The highest BCUT2D eigenvalue weighted by atomic mass is 16.8. The number of fused-ring (bicyclic) bond motifs is 1. The molecule has 7 nitrogen and oxygen atoms in total. The van der Waals surface area contributed by atoms with E-state index < -0.39 is 36.0 Å². The van der Waals surface area contributed by atoms with Crippen LogP contribution in [0.15, 0.2) is 0 Å². The highest BCUT2D eigenvalue weighted by molar-refractivity contribution is 5.66. The lowest BCUT2D eigenvalue weighted by Gasteiger charge is -2.26. The van der Waals surface area contributed by atoms with Crippen molar-refractivity contribution in [2.75, 3.05) is 6.61 Å². The van der Waals surface area contributed by atoms with E-state index in [-0.39, 0.29) is 12.2 Å². The number of ether oxygens (including phenoxy) is 6. The van der Waals surface area contributed by atoms with Crippen molar-refractivity contribution >= 4 is 5.97 Å². The van der Waals surface area contributed by atoms with E-state index in [1.165, 1.54) is 6.92 Å². The third-order valence-electron chi connectivity index (χ3n) is 3.73. The molecule has 0 aromatic carbocycles. The van der Waals surface area contributed by atoms with Gasteiger partial charge in [0.15, 0.2) is 17.7 Å². The molecule has 3 saturated heterocycles. The second kappa shape index (κ2) is 4.89. The fraction of sp³-hybridized carbons (Fsp3) is 0.929. The Morgan fingerprint density at radius 2 is 1.67 bits per heavy atom. The van der Waals surface area contributed by atoms with E-state index in [4.69, 9.17) is 28.4 Å². The van der Waals surface area contributed by atoms with Crippen LogP contribution in [0.1, 0.15) is 34.6 Å². The molecule has 3 heterocycles. The lowest BCUT2D eigenvalue weighted by molar-refractivity contribution is -0.244. The van der Waals surface area contributed by atoms with Crippen LogP contribution in [-0.2, 0) is 33.2 Å². The predicted octanol–water partition coefficient (Wildman–Crippen LogP) is 0.946. The molecule has 1 unspecified atom stereocenters. The standard InChI is InChI=1S/C14H22O7/c1-7(15)17-12-11-10(20-14(4,5)21-11)9(18-12)8-6-16-13(2,3)19-8/h8-12H,6H2,1-5H3/t8-,9+,10-,11-,12?/m0/s1. The monoisotopic (exact) mass is 302 g/mol. The molecule has 0 aromatic rings. The SMILES string of the molecule is CC(=O)OC1O[C@H]([C@@H]2COC(C)(C)O2)[C@@H]2OC(C)(C)O[C@H]12. The first-order valence-electron chi connectivity index (χ1n) is 7.17. The van der Waals surface area contributed by atoms with Crippen LogP contribution in [-0.4, -0.2) is 54.9 Å². The van der Waals surface area contributed by atoms with E-state index in [1.54, 1.807) is 0 Å².